The molecule has 0 radical (unpaired) electrons. The first kappa shape index (κ1) is 15.4. The fraction of sp³-hybridized carbons (Fsp3) is 0.684. The van der Waals surface area contributed by atoms with Crippen LogP contribution in [0.2, 0.25) is 0 Å². The molecular weight excluding hydrogens is 292 g/mol. The third-order valence-corrected chi connectivity index (χ3v) is 6.00. The molecule has 4 bridgehead atoms. The number of hydrogen-bond donors (Lipinski definition) is 1. The minimum absolute atomic E-state index is 0.226. The summed E-state index contributed by atoms with van der Waals surface area (Å²) in [5, 5.41) is 9.85. The molecule has 4 fully saturated rings. The van der Waals surface area contributed by atoms with Gasteiger partial charge in [0.15, 0.2) is 0 Å². The third-order valence-electron chi connectivity index (χ3n) is 6.00. The summed E-state index contributed by atoms with van der Waals surface area (Å²) in [6, 6.07) is 7.16. The molecule has 2 aliphatic heterocycles. The maximum atomic E-state index is 9.85. The molecule has 0 amide bonds. The van der Waals surface area contributed by atoms with E-state index >= 15 is 0 Å². The molecule has 4 heteroatoms. The number of methoxy groups -OCH3 is 1. The van der Waals surface area contributed by atoms with Crippen LogP contribution in [0.3, 0.4) is 0 Å². The highest BCUT2D eigenvalue weighted by molar-refractivity contribution is 5.30. The van der Waals surface area contributed by atoms with E-state index in [1.54, 1.807) is 19.2 Å². The number of rotatable bonds is 2. The molecule has 5 rings (SSSR count). The lowest BCUT2D eigenvalue weighted by molar-refractivity contribution is -0.444. The Balaban J connectivity index is 1.66. The fourth-order valence-electron chi connectivity index (χ4n) is 5.21. The van der Waals surface area contributed by atoms with Gasteiger partial charge in [0.2, 0.25) is 5.79 Å². The standard InChI is InChI=1S/C19H26O4/c1-21-19(17-3-2-4-18(20)10-17)11-15-6-13-5-14(7-15)9-16(8-13)12-22-23-19/h2-4,10,13-16,20H,5-9,11-12H2,1H3. The smallest absolute Gasteiger partial charge is 0.227 e. The van der Waals surface area contributed by atoms with Gasteiger partial charge in [-0.1, -0.05) is 12.1 Å². The van der Waals surface area contributed by atoms with Crippen molar-refractivity contribution in [3.05, 3.63) is 29.8 Å². The molecule has 2 heterocycles. The van der Waals surface area contributed by atoms with Crippen molar-refractivity contribution in [2.75, 3.05) is 13.7 Å². The largest absolute Gasteiger partial charge is 0.508 e. The maximum Gasteiger partial charge on any atom is 0.227 e. The van der Waals surface area contributed by atoms with Crippen LogP contribution in [0.1, 0.15) is 44.1 Å². The number of phenols is 1. The molecule has 3 unspecified atom stereocenters. The van der Waals surface area contributed by atoms with Crippen molar-refractivity contribution >= 4 is 0 Å². The second-order valence-electron chi connectivity index (χ2n) is 7.72. The average Bonchev–Trinajstić information content (AvgIpc) is 2.53. The Morgan fingerprint density at radius 3 is 2.43 bits per heavy atom. The molecule has 126 valence electrons. The number of benzene rings is 1. The van der Waals surface area contributed by atoms with Crippen molar-refractivity contribution in [2.24, 2.45) is 23.7 Å². The summed E-state index contributed by atoms with van der Waals surface area (Å²) >= 11 is 0. The van der Waals surface area contributed by atoms with E-state index in [0.717, 1.165) is 23.8 Å². The summed E-state index contributed by atoms with van der Waals surface area (Å²) in [5.74, 6) is 2.16. The van der Waals surface area contributed by atoms with E-state index in [9.17, 15) is 5.11 Å². The Kier molecular flexibility index (Phi) is 4.08. The highest BCUT2D eigenvalue weighted by Crippen LogP contribution is 2.50. The second kappa shape index (κ2) is 6.08. The van der Waals surface area contributed by atoms with Crippen LogP contribution in [0.15, 0.2) is 24.3 Å². The number of fused-ring (bicyclic) bond motifs is 4. The number of hydrogen-bond acceptors (Lipinski definition) is 4. The maximum absolute atomic E-state index is 9.85. The molecule has 1 N–H and O–H groups in total. The predicted molar refractivity (Wildman–Crippen MR) is 85.5 cm³/mol. The van der Waals surface area contributed by atoms with Crippen molar-refractivity contribution in [3.63, 3.8) is 0 Å². The van der Waals surface area contributed by atoms with Crippen molar-refractivity contribution < 1.29 is 19.6 Å². The first-order chi connectivity index (χ1) is 11.2. The first-order valence-electron chi connectivity index (χ1n) is 8.82. The van der Waals surface area contributed by atoms with E-state index in [1.807, 2.05) is 12.1 Å². The van der Waals surface area contributed by atoms with Crippen molar-refractivity contribution in [1.29, 1.82) is 0 Å². The average molecular weight is 318 g/mol. The first-order valence-corrected chi connectivity index (χ1v) is 8.82. The van der Waals surface area contributed by atoms with E-state index in [1.165, 1.54) is 32.1 Å². The fourth-order valence-corrected chi connectivity index (χ4v) is 5.21. The Morgan fingerprint density at radius 1 is 1.04 bits per heavy atom. The lowest BCUT2D eigenvalue weighted by Gasteiger charge is -2.46. The van der Waals surface area contributed by atoms with Crippen molar-refractivity contribution in [3.8, 4) is 5.75 Å². The van der Waals surface area contributed by atoms with Gasteiger partial charge < -0.3 is 9.84 Å². The molecule has 0 spiro atoms. The van der Waals surface area contributed by atoms with Gasteiger partial charge in [0.1, 0.15) is 5.75 Å². The minimum Gasteiger partial charge on any atom is -0.508 e. The van der Waals surface area contributed by atoms with Crippen LogP contribution in [-0.2, 0) is 20.3 Å². The molecule has 4 aliphatic rings. The molecule has 1 aromatic rings. The molecule has 1 aromatic carbocycles. The van der Waals surface area contributed by atoms with Crippen LogP contribution in [0.4, 0.5) is 0 Å². The van der Waals surface area contributed by atoms with Gasteiger partial charge in [0.05, 0.1) is 6.61 Å². The molecule has 2 aliphatic carbocycles. The van der Waals surface area contributed by atoms with Gasteiger partial charge in [0.25, 0.3) is 0 Å². The van der Waals surface area contributed by atoms with E-state index in [4.69, 9.17) is 14.5 Å². The van der Waals surface area contributed by atoms with Gasteiger partial charge in [-0.25, -0.2) is 4.89 Å². The lowest BCUT2D eigenvalue weighted by atomic mass is 9.63. The van der Waals surface area contributed by atoms with Gasteiger partial charge in [-0.15, -0.1) is 0 Å². The second-order valence-corrected chi connectivity index (χ2v) is 7.72. The molecule has 4 nitrogen and oxygen atoms in total. The van der Waals surface area contributed by atoms with Crippen LogP contribution in [0, 0.1) is 23.7 Å². The SMILES string of the molecule is COC1(c2cccc(O)c2)CC2CC3CC(COO1)CC(C3)C2. The van der Waals surface area contributed by atoms with Crippen LogP contribution in [0.25, 0.3) is 0 Å². The Labute approximate surface area is 137 Å². The van der Waals surface area contributed by atoms with E-state index in [2.05, 4.69) is 0 Å². The molecule has 2 saturated heterocycles. The van der Waals surface area contributed by atoms with Crippen LogP contribution in [0.5, 0.6) is 5.75 Å². The third kappa shape index (κ3) is 3.00. The Bertz CT molecular complexity index is 546. The minimum atomic E-state index is -0.922. The van der Waals surface area contributed by atoms with E-state index in [0.29, 0.717) is 18.4 Å². The van der Waals surface area contributed by atoms with Crippen LogP contribution in [-0.4, -0.2) is 18.8 Å². The highest BCUT2D eigenvalue weighted by Gasteiger charge is 2.44. The zero-order chi connectivity index (χ0) is 15.9. The van der Waals surface area contributed by atoms with Gasteiger partial charge in [-0.05, 0) is 67.9 Å². The topological polar surface area (TPSA) is 47.9 Å². The molecule has 2 saturated carbocycles. The molecule has 23 heavy (non-hydrogen) atoms. The summed E-state index contributed by atoms with van der Waals surface area (Å²) < 4.78 is 5.83. The Morgan fingerprint density at radius 2 is 1.74 bits per heavy atom. The van der Waals surface area contributed by atoms with Gasteiger partial charge in [-0.2, -0.15) is 4.89 Å². The summed E-state index contributed by atoms with van der Waals surface area (Å²) in [4.78, 5) is 11.5. The van der Waals surface area contributed by atoms with Gasteiger partial charge in [-0.3, -0.25) is 0 Å². The molecular formula is C19H26O4. The summed E-state index contributed by atoms with van der Waals surface area (Å²) in [7, 11) is 1.67. The van der Waals surface area contributed by atoms with E-state index < -0.39 is 5.79 Å². The molecule has 0 aromatic heterocycles. The Hall–Kier alpha value is -1.10. The summed E-state index contributed by atoms with van der Waals surface area (Å²) in [5.41, 5.74) is 0.830. The summed E-state index contributed by atoms with van der Waals surface area (Å²) in [6.07, 6.45) is 7.26. The van der Waals surface area contributed by atoms with Gasteiger partial charge >= 0.3 is 0 Å². The quantitative estimate of drug-likeness (QED) is 0.838. The van der Waals surface area contributed by atoms with Crippen molar-refractivity contribution in [2.45, 2.75) is 44.3 Å². The normalized spacial score (nSPS) is 40.2. The molecule has 3 atom stereocenters. The van der Waals surface area contributed by atoms with Crippen LogP contribution >= 0.6 is 0 Å². The number of aromatic hydroxyl groups is 1. The van der Waals surface area contributed by atoms with Crippen LogP contribution < -0.4 is 0 Å². The monoisotopic (exact) mass is 318 g/mol. The number of phenolic OH excluding ortho intramolecular Hbond substituents is 1. The highest BCUT2D eigenvalue weighted by atomic mass is 17.2. The lowest BCUT2D eigenvalue weighted by Crippen LogP contribution is -2.41. The predicted octanol–water partition coefficient (Wildman–Crippen LogP) is 3.99. The zero-order valence-corrected chi connectivity index (χ0v) is 13.7. The van der Waals surface area contributed by atoms with E-state index in [-0.39, 0.29) is 5.75 Å². The van der Waals surface area contributed by atoms with Gasteiger partial charge in [0, 0.05) is 19.1 Å². The zero-order valence-electron chi connectivity index (χ0n) is 13.7. The summed E-state index contributed by atoms with van der Waals surface area (Å²) in [6.45, 7) is 0.640. The number of ether oxygens (including phenoxy) is 1. The van der Waals surface area contributed by atoms with Crippen molar-refractivity contribution in [1.82, 2.24) is 0 Å².